The molecule has 0 saturated heterocycles. The summed E-state index contributed by atoms with van der Waals surface area (Å²) in [5.74, 6) is 0. The highest BCUT2D eigenvalue weighted by Gasteiger charge is 2.00. The first-order valence-corrected chi connectivity index (χ1v) is 7.17. The van der Waals surface area contributed by atoms with Crippen LogP contribution >= 0.6 is 12.2 Å². The van der Waals surface area contributed by atoms with E-state index in [4.69, 9.17) is 17.5 Å². The topological polar surface area (TPSA) is 60.2 Å². The number of nitrogens with one attached hydrogen (secondary N) is 2. The minimum Gasteiger partial charge on any atom is -0.331 e. The minimum absolute atomic E-state index is 0.428. The third kappa shape index (κ3) is 4.40. The lowest BCUT2D eigenvalue weighted by Crippen LogP contribution is -2.24. The second-order valence-electron chi connectivity index (χ2n) is 4.88. The quantitative estimate of drug-likeness (QED) is 0.517. The molecule has 0 aromatic heterocycles. The predicted octanol–water partition coefficient (Wildman–Crippen LogP) is 3.50. The molecule has 0 radical (unpaired) electrons. The van der Waals surface area contributed by atoms with Crippen LogP contribution in [0, 0.1) is 25.2 Å². The van der Waals surface area contributed by atoms with Gasteiger partial charge in [0.25, 0.3) is 0 Å². The van der Waals surface area contributed by atoms with Crippen molar-refractivity contribution in [2.45, 2.75) is 13.8 Å². The fraction of sp³-hybridized carbons (Fsp3) is 0.118. The van der Waals surface area contributed by atoms with E-state index in [9.17, 15) is 0 Å². The van der Waals surface area contributed by atoms with Crippen LogP contribution in [0.3, 0.4) is 0 Å². The Morgan fingerprint density at radius 3 is 2.55 bits per heavy atom. The molecule has 0 fully saturated rings. The van der Waals surface area contributed by atoms with E-state index in [1.807, 2.05) is 31.2 Å². The Labute approximate surface area is 135 Å². The molecule has 0 aliphatic rings. The second-order valence-corrected chi connectivity index (χ2v) is 5.28. The molecule has 0 aliphatic carbocycles. The summed E-state index contributed by atoms with van der Waals surface area (Å²) in [5.41, 5.74) is 7.58. The van der Waals surface area contributed by atoms with Crippen molar-refractivity contribution >= 4 is 29.2 Å². The number of hydrogen-bond acceptors (Lipinski definition) is 3. The molecule has 0 aliphatic heterocycles. The fourth-order valence-corrected chi connectivity index (χ4v) is 2.08. The van der Waals surface area contributed by atoms with Crippen molar-refractivity contribution in [1.29, 1.82) is 5.26 Å². The van der Waals surface area contributed by atoms with Crippen LogP contribution in [0.15, 0.2) is 47.6 Å². The van der Waals surface area contributed by atoms with Gasteiger partial charge in [-0.05, 0) is 55.4 Å². The maximum Gasteiger partial charge on any atom is 0.191 e. The molecule has 2 aromatic rings. The Bertz CT molecular complexity index is 742. The molecule has 4 nitrogen and oxygen atoms in total. The van der Waals surface area contributed by atoms with Gasteiger partial charge in [-0.15, -0.1) is 0 Å². The Balaban J connectivity index is 1.91. The second kappa shape index (κ2) is 7.34. The van der Waals surface area contributed by atoms with Crippen LogP contribution in [0.5, 0.6) is 0 Å². The van der Waals surface area contributed by atoms with Gasteiger partial charge in [0.2, 0.25) is 0 Å². The molecule has 2 rings (SSSR count). The van der Waals surface area contributed by atoms with E-state index in [2.05, 4.69) is 34.9 Å². The number of nitrogens with zero attached hydrogens (tertiary/aromatic N) is 2. The van der Waals surface area contributed by atoms with E-state index < -0.39 is 0 Å². The molecule has 0 heterocycles. The van der Waals surface area contributed by atoms with Gasteiger partial charge in [-0.25, -0.2) is 0 Å². The van der Waals surface area contributed by atoms with Crippen LogP contribution in [0.2, 0.25) is 0 Å². The van der Waals surface area contributed by atoms with Crippen molar-refractivity contribution in [2.24, 2.45) is 5.10 Å². The van der Waals surface area contributed by atoms with Crippen molar-refractivity contribution in [2.75, 3.05) is 5.32 Å². The maximum atomic E-state index is 8.74. The van der Waals surface area contributed by atoms with Gasteiger partial charge in [-0.1, -0.05) is 29.8 Å². The predicted molar refractivity (Wildman–Crippen MR) is 94.0 cm³/mol. The summed E-state index contributed by atoms with van der Waals surface area (Å²) in [5, 5.41) is 16.3. The Kier molecular flexibility index (Phi) is 5.23. The molecule has 2 N–H and O–H groups in total. The van der Waals surface area contributed by atoms with E-state index in [1.165, 1.54) is 5.56 Å². The first kappa shape index (κ1) is 15.7. The Morgan fingerprint density at radius 1 is 1.18 bits per heavy atom. The zero-order chi connectivity index (χ0) is 15.9. The van der Waals surface area contributed by atoms with Gasteiger partial charge in [0, 0.05) is 5.69 Å². The summed E-state index contributed by atoms with van der Waals surface area (Å²) in [6.45, 7) is 4.08. The summed E-state index contributed by atoms with van der Waals surface area (Å²) in [7, 11) is 0. The lowest BCUT2D eigenvalue weighted by atomic mass is 10.1. The number of thiocarbonyl (C=S) groups is 1. The van der Waals surface area contributed by atoms with Crippen molar-refractivity contribution in [1.82, 2.24) is 5.43 Å². The van der Waals surface area contributed by atoms with Crippen LogP contribution < -0.4 is 10.7 Å². The average Bonchev–Trinajstić information content (AvgIpc) is 2.51. The molecule has 22 heavy (non-hydrogen) atoms. The van der Waals surface area contributed by atoms with E-state index >= 15 is 0 Å². The number of hydrogen-bond donors (Lipinski definition) is 2. The van der Waals surface area contributed by atoms with Gasteiger partial charge in [0.05, 0.1) is 17.8 Å². The van der Waals surface area contributed by atoms with Crippen LogP contribution in [-0.2, 0) is 0 Å². The molecule has 0 atom stereocenters. The van der Waals surface area contributed by atoms with Crippen molar-refractivity contribution in [3.05, 3.63) is 64.7 Å². The number of nitriles is 1. The van der Waals surface area contributed by atoms with Crippen LogP contribution in [-0.4, -0.2) is 11.3 Å². The highest BCUT2D eigenvalue weighted by atomic mass is 32.1. The Hall–Kier alpha value is -2.71. The molecule has 110 valence electrons. The number of anilines is 1. The highest BCUT2D eigenvalue weighted by Crippen LogP contribution is 2.15. The fourth-order valence-electron chi connectivity index (χ4n) is 1.91. The summed E-state index contributed by atoms with van der Waals surface area (Å²) in [6, 6.07) is 15.3. The smallest absolute Gasteiger partial charge is 0.191 e. The van der Waals surface area contributed by atoms with Gasteiger partial charge in [-0.2, -0.15) is 10.4 Å². The van der Waals surface area contributed by atoms with Crippen LogP contribution in [0.25, 0.3) is 0 Å². The van der Waals surface area contributed by atoms with Crippen molar-refractivity contribution in [3.63, 3.8) is 0 Å². The van der Waals surface area contributed by atoms with E-state index in [-0.39, 0.29) is 0 Å². The molecule has 2 aromatic carbocycles. The number of rotatable bonds is 3. The van der Waals surface area contributed by atoms with E-state index in [1.54, 1.807) is 18.3 Å². The van der Waals surface area contributed by atoms with Gasteiger partial charge < -0.3 is 5.32 Å². The molecule has 0 unspecified atom stereocenters. The monoisotopic (exact) mass is 308 g/mol. The summed E-state index contributed by atoms with van der Waals surface area (Å²) >= 11 is 5.20. The van der Waals surface area contributed by atoms with Crippen molar-refractivity contribution in [3.8, 4) is 6.07 Å². The molecule has 5 heteroatoms. The zero-order valence-corrected chi connectivity index (χ0v) is 13.2. The molecular weight excluding hydrogens is 292 g/mol. The summed E-state index contributed by atoms with van der Waals surface area (Å²) in [6.07, 6.45) is 1.65. The standard InChI is InChI=1S/C17H16N4S/c1-12-3-8-16(13(2)9-12)20-17(22)21-19-11-15-6-4-14(10-18)5-7-15/h3-9,11H,1-2H3,(H2,20,21,22)/b19-11+. The highest BCUT2D eigenvalue weighted by molar-refractivity contribution is 7.80. The SMILES string of the molecule is Cc1ccc(NC(=S)N/N=C/c2ccc(C#N)cc2)c(C)c1. The summed E-state index contributed by atoms with van der Waals surface area (Å²) in [4.78, 5) is 0. The van der Waals surface area contributed by atoms with Crippen molar-refractivity contribution < 1.29 is 0 Å². The zero-order valence-electron chi connectivity index (χ0n) is 12.4. The third-order valence-electron chi connectivity index (χ3n) is 3.05. The first-order valence-electron chi connectivity index (χ1n) is 6.76. The third-order valence-corrected chi connectivity index (χ3v) is 3.24. The molecule has 0 amide bonds. The average molecular weight is 308 g/mol. The normalized spacial score (nSPS) is 10.2. The number of benzene rings is 2. The lowest BCUT2D eigenvalue weighted by molar-refractivity contribution is 1.05. The van der Waals surface area contributed by atoms with Crippen LogP contribution in [0.1, 0.15) is 22.3 Å². The number of hydrazone groups is 1. The maximum absolute atomic E-state index is 8.74. The van der Waals surface area contributed by atoms with E-state index in [0.29, 0.717) is 10.7 Å². The van der Waals surface area contributed by atoms with Crippen LogP contribution in [0.4, 0.5) is 5.69 Å². The molecule has 0 saturated carbocycles. The summed E-state index contributed by atoms with van der Waals surface area (Å²) < 4.78 is 0. The minimum atomic E-state index is 0.428. The van der Waals surface area contributed by atoms with Gasteiger partial charge in [0.15, 0.2) is 5.11 Å². The largest absolute Gasteiger partial charge is 0.331 e. The van der Waals surface area contributed by atoms with Gasteiger partial charge in [0.1, 0.15) is 0 Å². The first-order chi connectivity index (χ1) is 10.6. The lowest BCUT2D eigenvalue weighted by Gasteiger charge is -2.10. The van der Waals surface area contributed by atoms with Gasteiger partial charge >= 0.3 is 0 Å². The number of aryl methyl sites for hydroxylation is 2. The molecular formula is C17H16N4S. The molecule has 0 bridgehead atoms. The van der Waals surface area contributed by atoms with E-state index in [0.717, 1.165) is 16.8 Å². The Morgan fingerprint density at radius 2 is 1.91 bits per heavy atom. The molecule has 0 spiro atoms. The van der Waals surface area contributed by atoms with Gasteiger partial charge in [-0.3, -0.25) is 5.43 Å².